The second-order valence-electron chi connectivity index (χ2n) is 6.41. The van der Waals surface area contributed by atoms with Crippen LogP contribution in [0.1, 0.15) is 25.3 Å². The fourth-order valence-corrected chi connectivity index (χ4v) is 3.29. The van der Waals surface area contributed by atoms with Gasteiger partial charge in [-0.1, -0.05) is 19.1 Å². The lowest BCUT2D eigenvalue weighted by atomic mass is 10.0. The summed E-state index contributed by atoms with van der Waals surface area (Å²) in [6.07, 6.45) is 4.33. The van der Waals surface area contributed by atoms with Gasteiger partial charge >= 0.3 is 0 Å². The molecule has 0 aliphatic carbocycles. The van der Waals surface area contributed by atoms with Gasteiger partial charge in [-0.3, -0.25) is 0 Å². The number of nitrogens with one attached hydrogen (secondary N) is 1. The van der Waals surface area contributed by atoms with Crippen molar-refractivity contribution in [3.05, 3.63) is 36.0 Å². The maximum Gasteiger partial charge on any atom is 0.247 e. The zero-order valence-corrected chi connectivity index (χ0v) is 14.4. The van der Waals surface area contributed by atoms with Crippen LogP contribution in [0.25, 0.3) is 0 Å². The summed E-state index contributed by atoms with van der Waals surface area (Å²) >= 11 is 0. The Morgan fingerprint density at radius 1 is 1.12 bits per heavy atom. The highest BCUT2D eigenvalue weighted by atomic mass is 16.7. The van der Waals surface area contributed by atoms with Crippen LogP contribution in [-0.4, -0.2) is 47.3 Å². The predicted octanol–water partition coefficient (Wildman–Crippen LogP) is 2.52. The van der Waals surface area contributed by atoms with Crippen LogP contribution in [0.2, 0.25) is 0 Å². The molecule has 0 atom stereocenters. The van der Waals surface area contributed by atoms with Crippen molar-refractivity contribution < 1.29 is 9.47 Å². The second kappa shape index (κ2) is 6.93. The van der Waals surface area contributed by atoms with Crippen molar-refractivity contribution in [2.45, 2.75) is 32.0 Å². The summed E-state index contributed by atoms with van der Waals surface area (Å²) in [5, 5.41) is 11.6. The van der Waals surface area contributed by atoms with Gasteiger partial charge in [0.1, 0.15) is 0 Å². The summed E-state index contributed by atoms with van der Waals surface area (Å²) in [4.78, 5) is 6.74. The number of ether oxygens (including phenoxy) is 2. The Kier molecular flexibility index (Phi) is 4.50. The van der Waals surface area contributed by atoms with Gasteiger partial charge in [-0.2, -0.15) is 10.1 Å². The Bertz CT molecular complexity index is 706. The van der Waals surface area contributed by atoms with Crippen LogP contribution < -0.4 is 10.2 Å². The third-order valence-electron chi connectivity index (χ3n) is 4.80. The fraction of sp³-hybridized carbons (Fsp3) is 0.500. The Hall–Kier alpha value is -2.25. The minimum atomic E-state index is -0.388. The van der Waals surface area contributed by atoms with Gasteiger partial charge in [0.25, 0.3) is 0 Å². The highest BCUT2D eigenvalue weighted by Crippen LogP contribution is 2.32. The van der Waals surface area contributed by atoms with Crippen molar-refractivity contribution in [1.29, 1.82) is 0 Å². The first-order valence-corrected chi connectivity index (χ1v) is 8.85. The molecule has 1 spiro atoms. The summed E-state index contributed by atoms with van der Waals surface area (Å²) in [5.74, 6) is 0.951. The van der Waals surface area contributed by atoms with E-state index in [9.17, 15) is 0 Å². The molecular formula is C18H23N5O2. The number of aromatic nitrogens is 3. The molecule has 0 radical (unpaired) electrons. The predicted molar refractivity (Wildman–Crippen MR) is 95.0 cm³/mol. The minimum Gasteiger partial charge on any atom is -0.347 e. The summed E-state index contributed by atoms with van der Waals surface area (Å²) in [7, 11) is 0. The standard InChI is InChI=1S/C18H23N5O2/c1-2-14-3-5-15(6-4-14)20-16-13-19-22-17(21-16)23-9-7-18(8-10-23)24-11-12-25-18/h3-6,13H,2,7-12H2,1H3,(H,20,21,22). The fourth-order valence-electron chi connectivity index (χ4n) is 3.29. The van der Waals surface area contributed by atoms with E-state index in [2.05, 4.69) is 56.6 Å². The summed E-state index contributed by atoms with van der Waals surface area (Å²) in [6.45, 7) is 5.13. The van der Waals surface area contributed by atoms with E-state index in [0.717, 1.165) is 38.0 Å². The van der Waals surface area contributed by atoms with Crippen LogP contribution >= 0.6 is 0 Å². The zero-order valence-electron chi connectivity index (χ0n) is 14.4. The minimum absolute atomic E-state index is 0.388. The van der Waals surface area contributed by atoms with Gasteiger partial charge in [-0.15, -0.1) is 5.10 Å². The van der Waals surface area contributed by atoms with Gasteiger partial charge in [0, 0.05) is 31.6 Å². The molecule has 0 amide bonds. The number of benzene rings is 1. The molecule has 7 nitrogen and oxygen atoms in total. The molecule has 4 rings (SSSR count). The molecule has 0 bridgehead atoms. The lowest BCUT2D eigenvalue weighted by molar-refractivity contribution is -0.169. The van der Waals surface area contributed by atoms with E-state index < -0.39 is 0 Å². The molecule has 3 heterocycles. The molecule has 2 fully saturated rings. The van der Waals surface area contributed by atoms with E-state index in [1.165, 1.54) is 5.56 Å². The van der Waals surface area contributed by atoms with Crippen molar-refractivity contribution in [1.82, 2.24) is 15.2 Å². The van der Waals surface area contributed by atoms with E-state index in [-0.39, 0.29) is 5.79 Å². The van der Waals surface area contributed by atoms with Crippen molar-refractivity contribution >= 4 is 17.5 Å². The molecule has 132 valence electrons. The first kappa shape index (κ1) is 16.2. The highest BCUT2D eigenvalue weighted by molar-refractivity contribution is 5.56. The molecule has 2 aliphatic heterocycles. The molecule has 7 heteroatoms. The summed E-state index contributed by atoms with van der Waals surface area (Å²) in [6, 6.07) is 8.34. The maximum atomic E-state index is 5.77. The smallest absolute Gasteiger partial charge is 0.247 e. The van der Waals surface area contributed by atoms with Crippen molar-refractivity contribution in [3.63, 3.8) is 0 Å². The number of hydrogen-bond donors (Lipinski definition) is 1. The molecule has 1 aromatic carbocycles. The topological polar surface area (TPSA) is 72.4 Å². The first-order valence-electron chi connectivity index (χ1n) is 8.85. The number of piperidine rings is 1. The quantitative estimate of drug-likeness (QED) is 0.916. The van der Waals surface area contributed by atoms with Gasteiger partial charge in [-0.25, -0.2) is 0 Å². The van der Waals surface area contributed by atoms with E-state index in [1.807, 2.05) is 0 Å². The van der Waals surface area contributed by atoms with Crippen LogP contribution in [0.5, 0.6) is 0 Å². The Morgan fingerprint density at radius 2 is 1.84 bits per heavy atom. The molecule has 25 heavy (non-hydrogen) atoms. The largest absolute Gasteiger partial charge is 0.347 e. The van der Waals surface area contributed by atoms with Crippen molar-refractivity contribution in [2.24, 2.45) is 0 Å². The van der Waals surface area contributed by atoms with E-state index in [0.29, 0.717) is 25.0 Å². The summed E-state index contributed by atoms with van der Waals surface area (Å²) in [5.41, 5.74) is 2.31. The number of rotatable bonds is 4. The van der Waals surface area contributed by atoms with Crippen LogP contribution in [-0.2, 0) is 15.9 Å². The van der Waals surface area contributed by atoms with E-state index in [1.54, 1.807) is 6.20 Å². The lowest BCUT2D eigenvalue weighted by Gasteiger charge is -2.37. The SMILES string of the molecule is CCc1ccc(Nc2cnnc(N3CCC4(CC3)OCCO4)n2)cc1. The zero-order chi connectivity index (χ0) is 17.1. The van der Waals surface area contributed by atoms with Gasteiger partial charge in [0.15, 0.2) is 11.6 Å². The second-order valence-corrected chi connectivity index (χ2v) is 6.41. The third-order valence-corrected chi connectivity index (χ3v) is 4.80. The Labute approximate surface area is 147 Å². The van der Waals surface area contributed by atoms with E-state index in [4.69, 9.17) is 9.47 Å². The number of anilines is 3. The van der Waals surface area contributed by atoms with Gasteiger partial charge in [0.2, 0.25) is 5.95 Å². The monoisotopic (exact) mass is 341 g/mol. The first-order chi connectivity index (χ1) is 12.3. The van der Waals surface area contributed by atoms with Crippen molar-refractivity contribution in [3.8, 4) is 0 Å². The number of nitrogens with zero attached hydrogens (tertiary/aromatic N) is 4. The average molecular weight is 341 g/mol. The van der Waals surface area contributed by atoms with Gasteiger partial charge in [-0.05, 0) is 24.1 Å². The normalized spacial score (nSPS) is 19.3. The Morgan fingerprint density at radius 3 is 2.52 bits per heavy atom. The third kappa shape index (κ3) is 3.57. The lowest BCUT2D eigenvalue weighted by Crippen LogP contribution is -2.45. The average Bonchev–Trinajstić information content (AvgIpc) is 3.11. The van der Waals surface area contributed by atoms with Crippen LogP contribution in [0.15, 0.2) is 30.5 Å². The molecule has 0 unspecified atom stereocenters. The molecule has 1 N–H and O–H groups in total. The Balaban J connectivity index is 1.42. The molecule has 2 aromatic rings. The van der Waals surface area contributed by atoms with Crippen molar-refractivity contribution in [2.75, 3.05) is 36.5 Å². The highest BCUT2D eigenvalue weighted by Gasteiger charge is 2.40. The maximum absolute atomic E-state index is 5.77. The van der Waals surface area contributed by atoms with Crippen LogP contribution in [0.4, 0.5) is 17.5 Å². The van der Waals surface area contributed by atoms with Crippen LogP contribution in [0, 0.1) is 0 Å². The molecule has 2 aliphatic rings. The van der Waals surface area contributed by atoms with E-state index >= 15 is 0 Å². The number of hydrogen-bond acceptors (Lipinski definition) is 7. The van der Waals surface area contributed by atoms with Crippen LogP contribution in [0.3, 0.4) is 0 Å². The number of aryl methyl sites for hydroxylation is 1. The summed E-state index contributed by atoms with van der Waals surface area (Å²) < 4.78 is 11.5. The molecular weight excluding hydrogens is 318 g/mol. The molecule has 0 saturated carbocycles. The molecule has 2 saturated heterocycles. The molecule has 1 aromatic heterocycles. The van der Waals surface area contributed by atoms with Gasteiger partial charge < -0.3 is 19.7 Å². The van der Waals surface area contributed by atoms with Gasteiger partial charge in [0.05, 0.1) is 19.4 Å².